The molecule has 0 bridgehead atoms. The number of rotatable bonds is 5. The Hall–Kier alpha value is -3.42. The van der Waals surface area contributed by atoms with E-state index in [0.717, 1.165) is 34.6 Å². The van der Waals surface area contributed by atoms with Crippen LogP contribution in [0.5, 0.6) is 0 Å². The van der Waals surface area contributed by atoms with Crippen molar-refractivity contribution in [2.24, 2.45) is 0 Å². The smallest absolute Gasteiger partial charge is 0.151 e. The number of hydrogen-bond donors (Lipinski definition) is 0. The van der Waals surface area contributed by atoms with Gasteiger partial charge in [0.25, 0.3) is 0 Å². The van der Waals surface area contributed by atoms with Gasteiger partial charge in [0.1, 0.15) is 23.0 Å². The number of aromatic nitrogens is 4. The summed E-state index contributed by atoms with van der Waals surface area (Å²) in [5.74, 6) is -2.69. The summed E-state index contributed by atoms with van der Waals surface area (Å²) < 4.78 is 57.1. The van der Waals surface area contributed by atoms with Crippen LogP contribution >= 0.6 is 0 Å². The van der Waals surface area contributed by atoms with Gasteiger partial charge < -0.3 is 0 Å². The molecule has 0 saturated heterocycles. The van der Waals surface area contributed by atoms with Crippen molar-refractivity contribution in [2.45, 2.75) is 26.7 Å². The van der Waals surface area contributed by atoms with E-state index in [0.29, 0.717) is 12.8 Å². The van der Waals surface area contributed by atoms with Gasteiger partial charge >= 0.3 is 0 Å². The minimum absolute atomic E-state index is 0.165. The molecule has 0 aliphatic heterocycles. The molecule has 0 saturated carbocycles. The van der Waals surface area contributed by atoms with Gasteiger partial charge in [-0.2, -0.15) is 10.2 Å². The fourth-order valence-electron chi connectivity index (χ4n) is 3.30. The monoisotopic (exact) mass is 414 g/mol. The maximum Gasteiger partial charge on any atom is 0.151 e. The Morgan fingerprint density at radius 2 is 1.07 bits per heavy atom. The fraction of sp³-hybridized carbons (Fsp3) is 0.182. The average molecular weight is 414 g/mol. The topological polar surface area (TPSA) is 35.6 Å². The predicted molar refractivity (Wildman–Crippen MR) is 104 cm³/mol. The lowest BCUT2D eigenvalue weighted by Gasteiger charge is -2.03. The minimum atomic E-state index is -0.694. The first-order valence-electron chi connectivity index (χ1n) is 9.33. The molecule has 30 heavy (non-hydrogen) atoms. The summed E-state index contributed by atoms with van der Waals surface area (Å²) >= 11 is 0. The highest BCUT2D eigenvalue weighted by atomic mass is 19.1. The Morgan fingerprint density at radius 1 is 0.667 bits per heavy atom. The van der Waals surface area contributed by atoms with Gasteiger partial charge in [-0.25, -0.2) is 26.9 Å². The summed E-state index contributed by atoms with van der Waals surface area (Å²) in [5, 5.41) is 8.84. The van der Waals surface area contributed by atoms with E-state index in [1.807, 2.05) is 13.8 Å². The first-order valence-corrected chi connectivity index (χ1v) is 9.33. The Kier molecular flexibility index (Phi) is 5.15. The highest BCUT2D eigenvalue weighted by molar-refractivity contribution is 5.36. The third-order valence-electron chi connectivity index (χ3n) is 4.91. The van der Waals surface area contributed by atoms with Crippen LogP contribution in [0.15, 0.2) is 48.8 Å². The molecule has 0 atom stereocenters. The number of nitrogens with zero attached hydrogens (tertiary/aromatic N) is 4. The molecule has 0 amide bonds. The van der Waals surface area contributed by atoms with Crippen LogP contribution in [0.2, 0.25) is 0 Å². The lowest BCUT2D eigenvalue weighted by Crippen LogP contribution is -2.02. The number of hydrogen-bond acceptors (Lipinski definition) is 2. The van der Waals surface area contributed by atoms with Crippen molar-refractivity contribution in [3.63, 3.8) is 0 Å². The van der Waals surface area contributed by atoms with Gasteiger partial charge in [0.2, 0.25) is 0 Å². The van der Waals surface area contributed by atoms with Crippen molar-refractivity contribution in [3.8, 4) is 11.4 Å². The van der Waals surface area contributed by atoms with Gasteiger partial charge in [-0.3, -0.25) is 0 Å². The highest BCUT2D eigenvalue weighted by Gasteiger charge is 2.14. The molecule has 0 radical (unpaired) electrons. The summed E-state index contributed by atoms with van der Waals surface area (Å²) in [6.07, 6.45) is 4.44. The molecule has 8 heteroatoms. The van der Waals surface area contributed by atoms with E-state index in [-0.39, 0.29) is 11.4 Å². The zero-order valence-electron chi connectivity index (χ0n) is 16.3. The third kappa shape index (κ3) is 3.85. The van der Waals surface area contributed by atoms with Crippen LogP contribution < -0.4 is 0 Å². The zero-order chi connectivity index (χ0) is 21.4. The van der Waals surface area contributed by atoms with E-state index in [1.54, 1.807) is 12.4 Å². The standard InChI is InChI=1S/C22H18F4N4/c1-13-11-29(21-7-3-15(23)9-17(21)25)27-19(13)5-6-20-14(2)12-30(28-20)22-8-4-16(24)10-18(22)26/h3-4,7-12H,5-6H2,1-2H3. The second-order valence-electron chi connectivity index (χ2n) is 7.10. The second-order valence-corrected chi connectivity index (χ2v) is 7.10. The molecule has 2 heterocycles. The summed E-state index contributed by atoms with van der Waals surface area (Å²) in [5.41, 5.74) is 3.55. The predicted octanol–water partition coefficient (Wildman–Crippen LogP) is 5.02. The van der Waals surface area contributed by atoms with E-state index in [1.165, 1.54) is 33.6 Å². The van der Waals surface area contributed by atoms with Gasteiger partial charge in [0, 0.05) is 24.5 Å². The van der Waals surface area contributed by atoms with Gasteiger partial charge in [-0.05, 0) is 62.1 Å². The van der Waals surface area contributed by atoms with Crippen molar-refractivity contribution in [1.29, 1.82) is 0 Å². The first-order chi connectivity index (χ1) is 14.3. The van der Waals surface area contributed by atoms with Gasteiger partial charge in [-0.15, -0.1) is 0 Å². The largest absolute Gasteiger partial charge is 0.237 e. The van der Waals surface area contributed by atoms with Crippen LogP contribution in [0.3, 0.4) is 0 Å². The van der Waals surface area contributed by atoms with E-state index in [4.69, 9.17) is 0 Å². The van der Waals surface area contributed by atoms with Crippen LogP contribution in [0.25, 0.3) is 11.4 Å². The van der Waals surface area contributed by atoms with E-state index < -0.39 is 23.3 Å². The van der Waals surface area contributed by atoms with Crippen molar-refractivity contribution < 1.29 is 17.6 Å². The first kappa shape index (κ1) is 19.9. The molecule has 0 unspecified atom stereocenters. The molecule has 0 aliphatic rings. The van der Waals surface area contributed by atoms with E-state index >= 15 is 0 Å². The highest BCUT2D eigenvalue weighted by Crippen LogP contribution is 2.20. The maximum absolute atomic E-state index is 14.0. The quantitative estimate of drug-likeness (QED) is 0.430. The second kappa shape index (κ2) is 7.78. The van der Waals surface area contributed by atoms with E-state index in [9.17, 15) is 17.6 Å². The van der Waals surface area contributed by atoms with Gasteiger partial charge in [0.15, 0.2) is 11.6 Å². The van der Waals surface area contributed by atoms with Crippen LogP contribution in [-0.2, 0) is 12.8 Å². The Morgan fingerprint density at radius 3 is 1.43 bits per heavy atom. The van der Waals surface area contributed by atoms with Crippen LogP contribution in [0.4, 0.5) is 17.6 Å². The van der Waals surface area contributed by atoms with E-state index in [2.05, 4.69) is 10.2 Å². The van der Waals surface area contributed by atoms with Gasteiger partial charge in [0.05, 0.1) is 11.4 Å². The number of benzene rings is 2. The van der Waals surface area contributed by atoms with Crippen LogP contribution in [0, 0.1) is 37.1 Å². The summed E-state index contributed by atoms with van der Waals surface area (Å²) in [7, 11) is 0. The molecule has 0 fully saturated rings. The normalized spacial score (nSPS) is 11.3. The Labute approximate surface area is 170 Å². The average Bonchev–Trinajstić information content (AvgIpc) is 3.22. The summed E-state index contributed by atoms with van der Waals surface area (Å²) in [6.45, 7) is 3.72. The summed E-state index contributed by atoms with van der Waals surface area (Å²) in [6, 6.07) is 6.67. The van der Waals surface area contributed by atoms with Gasteiger partial charge in [-0.1, -0.05) is 0 Å². The molecule has 154 valence electrons. The number of halogens is 4. The summed E-state index contributed by atoms with van der Waals surface area (Å²) in [4.78, 5) is 0. The zero-order valence-corrected chi connectivity index (χ0v) is 16.3. The Bertz CT molecular complexity index is 1130. The van der Waals surface area contributed by atoms with Crippen molar-refractivity contribution in [2.75, 3.05) is 0 Å². The molecule has 0 spiro atoms. The van der Waals surface area contributed by atoms with Crippen LogP contribution in [0.1, 0.15) is 22.5 Å². The third-order valence-corrected chi connectivity index (χ3v) is 4.91. The molecule has 0 N–H and O–H groups in total. The molecule has 2 aromatic heterocycles. The van der Waals surface area contributed by atoms with Crippen molar-refractivity contribution >= 4 is 0 Å². The fourth-order valence-corrected chi connectivity index (χ4v) is 3.30. The number of aryl methyl sites for hydroxylation is 4. The lowest BCUT2D eigenvalue weighted by molar-refractivity contribution is 0.572. The maximum atomic E-state index is 14.0. The van der Waals surface area contributed by atoms with Crippen molar-refractivity contribution in [1.82, 2.24) is 19.6 Å². The SMILES string of the molecule is Cc1cn(-c2ccc(F)cc2F)nc1CCc1nn(-c2ccc(F)cc2F)cc1C. The van der Waals surface area contributed by atoms with Crippen molar-refractivity contribution in [3.05, 3.63) is 94.6 Å². The molecular formula is C22H18F4N4. The molecule has 4 nitrogen and oxygen atoms in total. The Balaban J connectivity index is 1.54. The molecule has 2 aromatic carbocycles. The molecular weight excluding hydrogens is 396 g/mol. The van der Waals surface area contributed by atoms with Crippen LogP contribution in [-0.4, -0.2) is 19.6 Å². The molecule has 0 aliphatic carbocycles. The molecule has 4 aromatic rings. The minimum Gasteiger partial charge on any atom is -0.237 e. The molecule has 4 rings (SSSR count). The lowest BCUT2D eigenvalue weighted by atomic mass is 10.1.